The van der Waals surface area contributed by atoms with Crippen LogP contribution in [-0.4, -0.2) is 48.6 Å². The van der Waals surface area contributed by atoms with Gasteiger partial charge in [-0.3, -0.25) is 0 Å². The molecule has 2 rings (SSSR count). The molecule has 2 fully saturated rings. The van der Waals surface area contributed by atoms with Gasteiger partial charge in [0.25, 0.3) is 0 Å². The van der Waals surface area contributed by atoms with Crippen LogP contribution in [-0.2, 0) is 0 Å². The van der Waals surface area contributed by atoms with Gasteiger partial charge >= 0.3 is 0 Å². The monoisotopic (exact) mass is 391 g/mol. The molecule has 28 heavy (non-hydrogen) atoms. The van der Waals surface area contributed by atoms with Gasteiger partial charge < -0.3 is 9.80 Å². The molecule has 0 bridgehead atoms. The van der Waals surface area contributed by atoms with Crippen LogP contribution in [0.4, 0.5) is 0 Å². The van der Waals surface area contributed by atoms with E-state index in [0.717, 1.165) is 6.04 Å². The van der Waals surface area contributed by atoms with Gasteiger partial charge in [-0.05, 0) is 83.6 Å². The first kappa shape index (κ1) is 24.2. The molecule has 0 aromatic carbocycles. The van der Waals surface area contributed by atoms with Crippen LogP contribution in [0.3, 0.4) is 0 Å². The van der Waals surface area contributed by atoms with Gasteiger partial charge in [-0.15, -0.1) is 0 Å². The number of hydrogen-bond donors (Lipinski definition) is 0. The van der Waals surface area contributed by atoms with Crippen LogP contribution in [0.25, 0.3) is 0 Å². The van der Waals surface area contributed by atoms with Gasteiger partial charge in [-0.1, -0.05) is 78.1 Å². The number of piperidine rings is 2. The van der Waals surface area contributed by atoms with Crippen molar-refractivity contribution in [3.05, 3.63) is 6.92 Å². The van der Waals surface area contributed by atoms with Gasteiger partial charge in [0.1, 0.15) is 0 Å². The summed E-state index contributed by atoms with van der Waals surface area (Å²) in [5.74, 6) is 0.661. The van der Waals surface area contributed by atoms with Crippen molar-refractivity contribution in [3.8, 4) is 0 Å². The van der Waals surface area contributed by atoms with Crippen LogP contribution in [0, 0.1) is 12.8 Å². The van der Waals surface area contributed by atoms with Crippen LogP contribution < -0.4 is 0 Å². The quantitative estimate of drug-likeness (QED) is 0.275. The van der Waals surface area contributed by atoms with Gasteiger partial charge in [-0.25, -0.2) is 0 Å². The van der Waals surface area contributed by atoms with Crippen molar-refractivity contribution < 1.29 is 0 Å². The average Bonchev–Trinajstić information content (AvgIpc) is 2.74. The molecule has 1 radical (unpaired) electrons. The van der Waals surface area contributed by atoms with E-state index in [0.29, 0.717) is 5.92 Å². The predicted octanol–water partition coefficient (Wildman–Crippen LogP) is 7.09. The average molecular weight is 392 g/mol. The van der Waals surface area contributed by atoms with Gasteiger partial charge in [-0.2, -0.15) is 0 Å². The second-order valence-electron chi connectivity index (χ2n) is 9.81. The summed E-state index contributed by atoms with van der Waals surface area (Å²) >= 11 is 0. The van der Waals surface area contributed by atoms with Crippen molar-refractivity contribution in [2.24, 2.45) is 5.92 Å². The van der Waals surface area contributed by atoms with Crippen LogP contribution >= 0.6 is 0 Å². The highest BCUT2D eigenvalue weighted by atomic mass is 15.2. The molecule has 2 aliphatic rings. The fraction of sp³-hybridized carbons (Fsp3) is 0.962. The van der Waals surface area contributed by atoms with E-state index in [4.69, 9.17) is 0 Å². The lowest BCUT2D eigenvalue weighted by Gasteiger charge is -2.36. The Morgan fingerprint density at radius 1 is 0.679 bits per heavy atom. The third-order valence-corrected chi connectivity index (χ3v) is 7.19. The SMILES string of the molecule is [CH2]C(CCCCN1CCCCC1)CC(CCCCCCCC)N1CCCCC1. The zero-order valence-electron chi connectivity index (χ0n) is 19.3. The van der Waals surface area contributed by atoms with E-state index in [1.165, 1.54) is 142 Å². The smallest absolute Gasteiger partial charge is 0.00978 e. The van der Waals surface area contributed by atoms with E-state index in [1.807, 2.05) is 0 Å². The molecule has 2 atom stereocenters. The molecule has 2 heterocycles. The fourth-order valence-electron chi connectivity index (χ4n) is 5.35. The fourth-order valence-corrected chi connectivity index (χ4v) is 5.35. The summed E-state index contributed by atoms with van der Waals surface area (Å²) in [5.41, 5.74) is 0. The molecule has 2 aliphatic heterocycles. The summed E-state index contributed by atoms with van der Waals surface area (Å²) in [6, 6.07) is 0.816. The number of nitrogens with zero attached hydrogens (tertiary/aromatic N) is 2. The van der Waals surface area contributed by atoms with E-state index >= 15 is 0 Å². The maximum Gasteiger partial charge on any atom is 0.00978 e. The molecule has 2 saturated heterocycles. The highest BCUT2D eigenvalue weighted by molar-refractivity contribution is 4.79. The third-order valence-electron chi connectivity index (χ3n) is 7.19. The first-order chi connectivity index (χ1) is 13.8. The molecular formula is C26H51N2. The number of rotatable bonds is 15. The molecule has 0 amide bonds. The number of unbranched alkanes of at least 4 members (excludes halogenated alkanes) is 6. The lowest BCUT2D eigenvalue weighted by atomic mass is 9.91. The van der Waals surface area contributed by atoms with Gasteiger partial charge in [0, 0.05) is 6.04 Å². The zero-order chi connectivity index (χ0) is 19.9. The summed E-state index contributed by atoms with van der Waals surface area (Å²) in [4.78, 5) is 5.53. The van der Waals surface area contributed by atoms with Gasteiger partial charge in [0.2, 0.25) is 0 Å². The minimum absolute atomic E-state index is 0.661. The Morgan fingerprint density at radius 3 is 2.00 bits per heavy atom. The Kier molecular flexibility index (Phi) is 13.6. The lowest BCUT2D eigenvalue weighted by Crippen LogP contribution is -2.40. The molecule has 2 heteroatoms. The second kappa shape index (κ2) is 15.7. The summed E-state index contributed by atoms with van der Waals surface area (Å²) in [7, 11) is 0. The standard InChI is InChI=1S/C26H51N2/c1-3-4-5-6-7-10-18-26(28-22-14-9-15-23-28)24-25(2)17-11-16-21-27-19-12-8-13-20-27/h25-26H,2-24H2,1H3. The molecular weight excluding hydrogens is 340 g/mol. The molecule has 0 N–H and O–H groups in total. The molecule has 0 aromatic rings. The summed E-state index contributed by atoms with van der Waals surface area (Å²) in [6.07, 6.45) is 24.0. The highest BCUT2D eigenvalue weighted by Gasteiger charge is 2.22. The van der Waals surface area contributed by atoms with Crippen LogP contribution in [0.15, 0.2) is 0 Å². The Hall–Kier alpha value is -0.0800. The maximum absolute atomic E-state index is 4.59. The highest BCUT2D eigenvalue weighted by Crippen LogP contribution is 2.25. The van der Waals surface area contributed by atoms with Crippen molar-refractivity contribution in [3.63, 3.8) is 0 Å². The van der Waals surface area contributed by atoms with Crippen molar-refractivity contribution >= 4 is 0 Å². The number of hydrogen-bond acceptors (Lipinski definition) is 2. The topological polar surface area (TPSA) is 6.48 Å². The van der Waals surface area contributed by atoms with Crippen LogP contribution in [0.2, 0.25) is 0 Å². The Balaban J connectivity index is 1.62. The molecule has 165 valence electrons. The van der Waals surface area contributed by atoms with Crippen molar-refractivity contribution in [2.45, 2.75) is 122 Å². The Labute approximate surface area is 177 Å². The van der Waals surface area contributed by atoms with Crippen LogP contribution in [0.1, 0.15) is 116 Å². The molecule has 0 aromatic heterocycles. The summed E-state index contributed by atoms with van der Waals surface area (Å²) in [6.45, 7) is 13.6. The van der Waals surface area contributed by atoms with E-state index < -0.39 is 0 Å². The Bertz CT molecular complexity index is 344. The molecule has 0 aliphatic carbocycles. The van der Waals surface area contributed by atoms with Gasteiger partial charge in [0.15, 0.2) is 0 Å². The summed E-state index contributed by atoms with van der Waals surface area (Å²) in [5, 5.41) is 0. The number of likely N-dealkylation sites (tertiary alicyclic amines) is 2. The minimum Gasteiger partial charge on any atom is -0.303 e. The Morgan fingerprint density at radius 2 is 1.29 bits per heavy atom. The predicted molar refractivity (Wildman–Crippen MR) is 125 cm³/mol. The normalized spacial score (nSPS) is 21.6. The van der Waals surface area contributed by atoms with Gasteiger partial charge in [0.05, 0.1) is 0 Å². The summed E-state index contributed by atoms with van der Waals surface area (Å²) < 4.78 is 0. The molecule has 2 nitrogen and oxygen atoms in total. The minimum atomic E-state index is 0.661. The maximum atomic E-state index is 4.59. The van der Waals surface area contributed by atoms with E-state index in [2.05, 4.69) is 23.6 Å². The largest absolute Gasteiger partial charge is 0.303 e. The van der Waals surface area contributed by atoms with E-state index in [-0.39, 0.29) is 0 Å². The molecule has 0 saturated carbocycles. The first-order valence-electron chi connectivity index (χ1n) is 13.1. The zero-order valence-corrected chi connectivity index (χ0v) is 19.3. The van der Waals surface area contributed by atoms with E-state index in [1.54, 1.807) is 0 Å². The van der Waals surface area contributed by atoms with Crippen molar-refractivity contribution in [1.82, 2.24) is 9.80 Å². The molecule has 2 unspecified atom stereocenters. The third kappa shape index (κ3) is 10.6. The lowest BCUT2D eigenvalue weighted by molar-refractivity contribution is 0.133. The molecule has 0 spiro atoms. The van der Waals surface area contributed by atoms with Crippen molar-refractivity contribution in [1.29, 1.82) is 0 Å². The first-order valence-corrected chi connectivity index (χ1v) is 13.1. The second-order valence-corrected chi connectivity index (χ2v) is 9.81. The van der Waals surface area contributed by atoms with Crippen molar-refractivity contribution in [2.75, 3.05) is 32.7 Å². The van der Waals surface area contributed by atoms with Crippen LogP contribution in [0.5, 0.6) is 0 Å². The van der Waals surface area contributed by atoms with E-state index in [9.17, 15) is 0 Å².